The van der Waals surface area contributed by atoms with Crippen molar-refractivity contribution in [3.63, 3.8) is 0 Å². The predicted octanol–water partition coefficient (Wildman–Crippen LogP) is 3.78. The molecule has 0 heterocycles. The van der Waals surface area contributed by atoms with Crippen LogP contribution in [0.4, 0.5) is 0 Å². The summed E-state index contributed by atoms with van der Waals surface area (Å²) in [6, 6.07) is 11.4. The molecule has 0 aliphatic heterocycles. The zero-order valence-electron chi connectivity index (χ0n) is 18.9. The average molecular weight is 472 g/mol. The smallest absolute Gasteiger partial charge is 0.336 e. The monoisotopic (exact) mass is 471 g/mol. The molecule has 1 unspecified atom stereocenters. The van der Waals surface area contributed by atoms with E-state index in [9.17, 15) is 19.2 Å². The van der Waals surface area contributed by atoms with Gasteiger partial charge in [-0.2, -0.15) is 0 Å². The molecule has 0 aliphatic rings. The van der Waals surface area contributed by atoms with Crippen molar-refractivity contribution in [3.8, 4) is 0 Å². The van der Waals surface area contributed by atoms with E-state index in [1.54, 1.807) is 51.1 Å². The lowest BCUT2D eigenvalue weighted by atomic mass is 10.0. The maximum Gasteiger partial charge on any atom is 0.336 e. The third-order valence-corrected chi connectivity index (χ3v) is 4.55. The second-order valence-electron chi connectivity index (χ2n) is 8.18. The van der Waals surface area contributed by atoms with Crippen LogP contribution in [0.15, 0.2) is 54.6 Å². The highest BCUT2D eigenvalue weighted by Crippen LogP contribution is 2.13. The highest BCUT2D eigenvalue weighted by molar-refractivity contribution is 6.30. The third-order valence-electron chi connectivity index (χ3n) is 4.30. The van der Waals surface area contributed by atoms with Gasteiger partial charge in [-0.1, -0.05) is 35.9 Å². The van der Waals surface area contributed by atoms with Crippen LogP contribution in [0.25, 0.3) is 6.08 Å². The molecule has 0 radical (unpaired) electrons. The SMILES string of the molecule is COC(=O)C(NC(=O)Cc1ccc(/C=C/C(=O)OC(C)(C)C)cc1)C(=O)c1ccc(Cl)cc1. The van der Waals surface area contributed by atoms with E-state index in [0.29, 0.717) is 10.6 Å². The molecule has 0 saturated carbocycles. The molecule has 2 aromatic rings. The van der Waals surface area contributed by atoms with E-state index in [1.807, 2.05) is 0 Å². The topological polar surface area (TPSA) is 98.8 Å². The van der Waals surface area contributed by atoms with E-state index < -0.39 is 35.3 Å². The predicted molar refractivity (Wildman–Crippen MR) is 125 cm³/mol. The van der Waals surface area contributed by atoms with Gasteiger partial charge in [0.25, 0.3) is 0 Å². The molecular weight excluding hydrogens is 446 g/mol. The maximum absolute atomic E-state index is 12.7. The second-order valence-corrected chi connectivity index (χ2v) is 8.62. The highest BCUT2D eigenvalue weighted by atomic mass is 35.5. The van der Waals surface area contributed by atoms with Crippen molar-refractivity contribution in [2.75, 3.05) is 7.11 Å². The number of nitrogens with one attached hydrogen (secondary N) is 1. The van der Waals surface area contributed by atoms with E-state index in [0.717, 1.165) is 12.7 Å². The summed E-state index contributed by atoms with van der Waals surface area (Å²) in [6.07, 6.45) is 2.88. The summed E-state index contributed by atoms with van der Waals surface area (Å²) in [7, 11) is 1.14. The normalized spacial score (nSPS) is 12.2. The quantitative estimate of drug-likeness (QED) is 0.272. The maximum atomic E-state index is 12.7. The van der Waals surface area contributed by atoms with Crippen molar-refractivity contribution < 1.29 is 28.7 Å². The first kappa shape index (κ1) is 25.8. The van der Waals surface area contributed by atoms with Crippen molar-refractivity contribution in [2.24, 2.45) is 0 Å². The van der Waals surface area contributed by atoms with Crippen LogP contribution in [0.3, 0.4) is 0 Å². The number of ketones is 1. The van der Waals surface area contributed by atoms with Gasteiger partial charge in [0.05, 0.1) is 13.5 Å². The van der Waals surface area contributed by atoms with Crippen LogP contribution in [0.1, 0.15) is 42.3 Å². The Labute approximate surface area is 197 Å². The lowest BCUT2D eigenvalue weighted by Crippen LogP contribution is -2.47. The van der Waals surface area contributed by atoms with E-state index >= 15 is 0 Å². The number of benzene rings is 2. The van der Waals surface area contributed by atoms with E-state index in [2.05, 4.69) is 10.1 Å². The van der Waals surface area contributed by atoms with Gasteiger partial charge in [0.1, 0.15) is 5.60 Å². The Hall–Kier alpha value is -3.45. The van der Waals surface area contributed by atoms with Crippen LogP contribution in [0.2, 0.25) is 5.02 Å². The van der Waals surface area contributed by atoms with Gasteiger partial charge >= 0.3 is 11.9 Å². The number of hydrogen-bond acceptors (Lipinski definition) is 6. The van der Waals surface area contributed by atoms with Gasteiger partial charge in [0.2, 0.25) is 5.91 Å². The average Bonchev–Trinajstić information content (AvgIpc) is 2.75. The second kappa shape index (κ2) is 11.4. The largest absolute Gasteiger partial charge is 0.467 e. The Bertz CT molecular complexity index is 1040. The Morgan fingerprint density at radius 2 is 1.61 bits per heavy atom. The first-order valence-electron chi connectivity index (χ1n) is 10.2. The van der Waals surface area contributed by atoms with Crippen molar-refractivity contribution >= 4 is 41.3 Å². The molecule has 0 bridgehead atoms. The number of Topliss-reactive ketones (excluding diaryl/α,β-unsaturated/α-hetero) is 1. The Morgan fingerprint density at radius 3 is 2.15 bits per heavy atom. The summed E-state index contributed by atoms with van der Waals surface area (Å²) in [4.78, 5) is 49.1. The summed E-state index contributed by atoms with van der Waals surface area (Å²) >= 11 is 5.83. The van der Waals surface area contributed by atoms with Crippen molar-refractivity contribution in [1.29, 1.82) is 0 Å². The third kappa shape index (κ3) is 8.54. The fourth-order valence-corrected chi connectivity index (χ4v) is 2.90. The zero-order valence-corrected chi connectivity index (χ0v) is 19.6. The molecule has 0 saturated heterocycles. The summed E-state index contributed by atoms with van der Waals surface area (Å²) in [6.45, 7) is 5.35. The van der Waals surface area contributed by atoms with Gasteiger partial charge in [-0.05, 0) is 62.2 Å². The van der Waals surface area contributed by atoms with Gasteiger partial charge in [-0.15, -0.1) is 0 Å². The highest BCUT2D eigenvalue weighted by Gasteiger charge is 2.30. The lowest BCUT2D eigenvalue weighted by molar-refractivity contribution is -0.148. The molecule has 174 valence electrons. The molecule has 2 aromatic carbocycles. The number of esters is 2. The minimum absolute atomic E-state index is 0.0581. The van der Waals surface area contributed by atoms with Crippen LogP contribution in [-0.2, 0) is 30.3 Å². The fourth-order valence-electron chi connectivity index (χ4n) is 2.77. The summed E-state index contributed by atoms with van der Waals surface area (Å²) in [5.74, 6) is -2.45. The zero-order chi connectivity index (χ0) is 24.6. The molecule has 2 rings (SSSR count). The van der Waals surface area contributed by atoms with Crippen LogP contribution in [-0.4, -0.2) is 42.4 Å². The van der Waals surface area contributed by atoms with Gasteiger partial charge in [-0.3, -0.25) is 9.59 Å². The summed E-state index contributed by atoms with van der Waals surface area (Å²) in [5, 5.41) is 2.87. The van der Waals surface area contributed by atoms with Gasteiger partial charge in [-0.25, -0.2) is 9.59 Å². The molecule has 0 spiro atoms. The number of amides is 1. The van der Waals surface area contributed by atoms with Gasteiger partial charge in [0, 0.05) is 16.7 Å². The Kier molecular flexibility index (Phi) is 8.94. The van der Waals surface area contributed by atoms with Crippen LogP contribution in [0, 0.1) is 0 Å². The number of methoxy groups -OCH3 is 1. The Morgan fingerprint density at radius 1 is 1.00 bits per heavy atom. The number of halogens is 1. The Balaban J connectivity index is 2.02. The molecule has 1 amide bonds. The van der Waals surface area contributed by atoms with Crippen molar-refractivity contribution in [1.82, 2.24) is 5.32 Å². The number of carbonyl (C=O) groups excluding carboxylic acids is 4. The van der Waals surface area contributed by atoms with E-state index in [-0.39, 0.29) is 12.0 Å². The standard InChI is InChI=1S/C25H26ClNO6/c1-25(2,3)33-21(29)14-9-16-5-7-17(8-6-16)15-20(28)27-22(24(31)32-4)23(30)18-10-12-19(26)13-11-18/h5-14,22H,15H2,1-4H3,(H,27,28)/b14-9+. The summed E-state index contributed by atoms with van der Waals surface area (Å²) in [5.41, 5.74) is 1.05. The molecule has 0 aliphatic carbocycles. The molecule has 1 N–H and O–H groups in total. The van der Waals surface area contributed by atoms with Gasteiger partial charge < -0.3 is 14.8 Å². The van der Waals surface area contributed by atoms with Crippen LogP contribution < -0.4 is 5.32 Å². The minimum Gasteiger partial charge on any atom is -0.467 e. The number of rotatable bonds is 8. The molecule has 0 fully saturated rings. The molecule has 1 atom stereocenters. The number of hydrogen-bond donors (Lipinski definition) is 1. The van der Waals surface area contributed by atoms with Crippen LogP contribution in [0.5, 0.6) is 0 Å². The first-order valence-corrected chi connectivity index (χ1v) is 10.5. The molecule has 33 heavy (non-hydrogen) atoms. The van der Waals surface area contributed by atoms with Gasteiger partial charge in [0.15, 0.2) is 11.8 Å². The molecule has 0 aromatic heterocycles. The number of ether oxygens (including phenoxy) is 2. The van der Waals surface area contributed by atoms with Crippen molar-refractivity contribution in [2.45, 2.75) is 38.8 Å². The molecular formula is C25H26ClNO6. The minimum atomic E-state index is -1.47. The number of carbonyl (C=O) groups is 4. The lowest BCUT2D eigenvalue weighted by Gasteiger charge is -2.17. The first-order chi connectivity index (χ1) is 15.5. The van der Waals surface area contributed by atoms with E-state index in [1.165, 1.54) is 30.3 Å². The molecule has 8 heteroatoms. The fraction of sp³-hybridized carbons (Fsp3) is 0.280. The molecule has 7 nitrogen and oxygen atoms in total. The summed E-state index contributed by atoms with van der Waals surface area (Å²) < 4.78 is 9.88. The van der Waals surface area contributed by atoms with E-state index in [4.69, 9.17) is 16.3 Å². The van der Waals surface area contributed by atoms with Crippen molar-refractivity contribution in [3.05, 3.63) is 76.3 Å². The van der Waals surface area contributed by atoms with Crippen LogP contribution >= 0.6 is 11.6 Å².